The van der Waals surface area contributed by atoms with Crippen molar-refractivity contribution in [2.75, 3.05) is 30.3 Å². The minimum Gasteiger partial charge on any atom is -0.454 e. The second-order valence-corrected chi connectivity index (χ2v) is 12.1. The predicted molar refractivity (Wildman–Crippen MR) is 149 cm³/mol. The van der Waals surface area contributed by atoms with Gasteiger partial charge in [-0.1, -0.05) is 37.6 Å². The Morgan fingerprint density at radius 1 is 0.974 bits per heavy atom. The molecule has 5 rings (SSSR count). The number of carbonyl (C=O) groups excluding carboxylic acids is 1. The van der Waals surface area contributed by atoms with E-state index in [1.54, 1.807) is 0 Å². The van der Waals surface area contributed by atoms with Crippen LogP contribution in [-0.2, 0) is 20.2 Å². The first-order valence-corrected chi connectivity index (χ1v) is 14.5. The van der Waals surface area contributed by atoms with Crippen molar-refractivity contribution < 1.29 is 22.7 Å². The van der Waals surface area contributed by atoms with Gasteiger partial charge in [0.1, 0.15) is 0 Å². The first kappa shape index (κ1) is 26.1. The molecule has 9 heteroatoms. The minimum absolute atomic E-state index is 0.0296. The van der Waals surface area contributed by atoms with Crippen molar-refractivity contribution in [1.29, 1.82) is 0 Å². The van der Waals surface area contributed by atoms with E-state index in [1.165, 1.54) is 11.5 Å². The maximum atomic E-state index is 13.4. The highest BCUT2D eigenvalue weighted by Gasteiger charge is 2.51. The summed E-state index contributed by atoms with van der Waals surface area (Å²) in [5.41, 5.74) is 7.77. The van der Waals surface area contributed by atoms with E-state index >= 15 is 0 Å². The number of fused-ring (bicyclic) bond motifs is 1. The van der Waals surface area contributed by atoms with E-state index in [2.05, 4.69) is 10.7 Å². The topological polar surface area (TPSA) is 97.0 Å². The lowest BCUT2D eigenvalue weighted by Gasteiger charge is -2.20. The molecule has 1 aliphatic heterocycles. The number of rotatable bonds is 10. The molecule has 0 radical (unpaired) electrons. The molecule has 0 unspecified atom stereocenters. The van der Waals surface area contributed by atoms with E-state index in [-0.39, 0.29) is 18.5 Å². The van der Waals surface area contributed by atoms with Crippen LogP contribution in [0.3, 0.4) is 0 Å². The Kier molecular flexibility index (Phi) is 7.07. The molecule has 200 valence electrons. The fourth-order valence-electron chi connectivity index (χ4n) is 4.67. The number of amides is 1. The van der Waals surface area contributed by atoms with Gasteiger partial charge in [0.25, 0.3) is 0 Å². The third-order valence-electron chi connectivity index (χ3n) is 7.26. The largest absolute Gasteiger partial charge is 0.454 e. The number of ether oxygens (including phenoxy) is 2. The van der Waals surface area contributed by atoms with Gasteiger partial charge in [-0.05, 0) is 84.8 Å². The number of anilines is 2. The van der Waals surface area contributed by atoms with Gasteiger partial charge in [-0.15, -0.1) is 4.41 Å². The Balaban J connectivity index is 1.29. The molecule has 1 saturated carbocycles. The first-order valence-electron chi connectivity index (χ1n) is 12.9. The van der Waals surface area contributed by atoms with Crippen LogP contribution in [-0.4, -0.2) is 38.3 Å². The molecule has 1 amide bonds. The van der Waals surface area contributed by atoms with Crippen LogP contribution in [0.25, 0.3) is 11.1 Å². The number of benzene rings is 3. The smallest absolute Gasteiger partial charge is 0.235 e. The third-order valence-corrected chi connectivity index (χ3v) is 8.99. The molecule has 1 heterocycles. The standard InChI is InChI=1S/C29H33N3O5S/c1-4-5-16-38(34,35)32(3)31-23-11-7-21(8-12-23)25-18-24(10-6-20(25)2)30-28(33)29(14-15-29)22-9-13-26-27(17-22)37-19-36-26/h6-13,17-18,31H,4-5,14-16,19H2,1-3H3,(H,30,33). The molecule has 0 aromatic heterocycles. The number of aryl methyl sites for hydroxylation is 1. The number of hydrogen-bond acceptors (Lipinski definition) is 6. The van der Waals surface area contributed by atoms with Gasteiger partial charge < -0.3 is 20.2 Å². The van der Waals surface area contributed by atoms with Crippen molar-refractivity contribution in [3.8, 4) is 22.6 Å². The zero-order chi connectivity index (χ0) is 26.9. The number of nitrogens with zero attached hydrogens (tertiary/aromatic N) is 1. The highest BCUT2D eigenvalue weighted by atomic mass is 32.2. The summed E-state index contributed by atoms with van der Waals surface area (Å²) >= 11 is 0. The molecule has 3 aromatic rings. The Morgan fingerprint density at radius 3 is 2.39 bits per heavy atom. The first-order chi connectivity index (χ1) is 18.2. The number of sulfonamides is 1. The van der Waals surface area contributed by atoms with Gasteiger partial charge in [0, 0.05) is 12.7 Å². The van der Waals surface area contributed by atoms with Crippen LogP contribution in [0, 0.1) is 6.92 Å². The predicted octanol–water partition coefficient (Wildman–Crippen LogP) is 5.45. The Hall–Kier alpha value is -3.56. The molecule has 3 aromatic carbocycles. The number of carbonyl (C=O) groups is 1. The number of unbranched alkanes of at least 4 members (excludes halogenated alkanes) is 1. The van der Waals surface area contributed by atoms with Crippen LogP contribution >= 0.6 is 0 Å². The van der Waals surface area contributed by atoms with Crippen LogP contribution < -0.4 is 20.2 Å². The lowest BCUT2D eigenvalue weighted by molar-refractivity contribution is -0.118. The maximum Gasteiger partial charge on any atom is 0.235 e. The Labute approximate surface area is 224 Å². The van der Waals surface area contributed by atoms with E-state index in [9.17, 15) is 13.2 Å². The molecular formula is C29H33N3O5S. The summed E-state index contributed by atoms with van der Waals surface area (Å²) in [7, 11) is -1.85. The Bertz CT molecular complexity index is 1450. The summed E-state index contributed by atoms with van der Waals surface area (Å²) in [5, 5.41) is 3.12. The van der Waals surface area contributed by atoms with Crippen molar-refractivity contribution in [2.24, 2.45) is 0 Å². The highest BCUT2D eigenvalue weighted by molar-refractivity contribution is 7.89. The average Bonchev–Trinajstić information content (AvgIpc) is 3.59. The van der Waals surface area contributed by atoms with Gasteiger partial charge in [0.05, 0.1) is 16.9 Å². The number of nitrogens with one attached hydrogen (secondary N) is 2. The summed E-state index contributed by atoms with van der Waals surface area (Å²) in [4.78, 5) is 13.4. The van der Waals surface area contributed by atoms with Gasteiger partial charge in [0.2, 0.25) is 22.7 Å². The highest BCUT2D eigenvalue weighted by Crippen LogP contribution is 2.51. The van der Waals surface area contributed by atoms with Crippen LogP contribution in [0.5, 0.6) is 11.5 Å². The third kappa shape index (κ3) is 5.21. The lowest BCUT2D eigenvalue weighted by Crippen LogP contribution is -2.34. The second-order valence-electron chi connectivity index (χ2n) is 9.96. The number of hydrogen-bond donors (Lipinski definition) is 2. The molecule has 0 spiro atoms. The summed E-state index contributed by atoms with van der Waals surface area (Å²) in [5.74, 6) is 1.47. The fourth-order valence-corrected chi connectivity index (χ4v) is 5.84. The molecule has 8 nitrogen and oxygen atoms in total. The van der Waals surface area contributed by atoms with Crippen molar-refractivity contribution in [3.05, 3.63) is 71.8 Å². The van der Waals surface area contributed by atoms with Crippen molar-refractivity contribution in [2.45, 2.75) is 44.9 Å². The van der Waals surface area contributed by atoms with Crippen LogP contribution in [0.2, 0.25) is 0 Å². The van der Waals surface area contributed by atoms with Crippen molar-refractivity contribution in [3.63, 3.8) is 0 Å². The average molecular weight is 536 g/mol. The van der Waals surface area contributed by atoms with E-state index < -0.39 is 15.4 Å². The van der Waals surface area contributed by atoms with Gasteiger partial charge in [-0.2, -0.15) is 0 Å². The normalized spacial score (nSPS) is 15.4. The number of hydrazine groups is 1. The summed E-state index contributed by atoms with van der Waals surface area (Å²) in [6.45, 7) is 4.19. The van der Waals surface area contributed by atoms with Gasteiger partial charge in [0.15, 0.2) is 11.5 Å². The van der Waals surface area contributed by atoms with Crippen LogP contribution in [0.1, 0.15) is 43.7 Å². The molecule has 2 N–H and O–H groups in total. The maximum absolute atomic E-state index is 13.4. The SMILES string of the molecule is CCCCS(=O)(=O)N(C)Nc1ccc(-c2cc(NC(=O)C3(c4ccc5c(c4)OCO5)CC3)ccc2C)cc1. The zero-order valence-corrected chi connectivity index (χ0v) is 22.7. The quantitative estimate of drug-likeness (QED) is 0.335. The molecule has 0 bridgehead atoms. The lowest BCUT2D eigenvalue weighted by atomic mass is 9.94. The second kappa shape index (κ2) is 10.3. The van der Waals surface area contributed by atoms with E-state index in [4.69, 9.17) is 9.47 Å². The van der Waals surface area contributed by atoms with Gasteiger partial charge in [-0.25, -0.2) is 8.42 Å². The van der Waals surface area contributed by atoms with Gasteiger partial charge >= 0.3 is 0 Å². The van der Waals surface area contributed by atoms with Crippen molar-refractivity contribution in [1.82, 2.24) is 4.41 Å². The van der Waals surface area contributed by atoms with Crippen LogP contribution in [0.4, 0.5) is 11.4 Å². The van der Waals surface area contributed by atoms with Crippen molar-refractivity contribution >= 4 is 27.3 Å². The van der Waals surface area contributed by atoms with Crippen LogP contribution in [0.15, 0.2) is 60.7 Å². The molecule has 0 atom stereocenters. The van der Waals surface area contributed by atoms with E-state index in [0.717, 1.165) is 47.2 Å². The molecule has 38 heavy (non-hydrogen) atoms. The van der Waals surface area contributed by atoms with E-state index in [1.807, 2.05) is 74.5 Å². The summed E-state index contributed by atoms with van der Waals surface area (Å²) in [6, 6.07) is 19.2. The molecule has 2 aliphatic rings. The Morgan fingerprint density at radius 2 is 1.68 bits per heavy atom. The molecular weight excluding hydrogens is 502 g/mol. The molecule has 1 fully saturated rings. The fraction of sp³-hybridized carbons (Fsp3) is 0.345. The van der Waals surface area contributed by atoms with Gasteiger partial charge in [-0.3, -0.25) is 4.79 Å². The van der Waals surface area contributed by atoms with E-state index in [0.29, 0.717) is 23.6 Å². The zero-order valence-electron chi connectivity index (χ0n) is 21.9. The molecule has 0 saturated heterocycles. The molecule has 1 aliphatic carbocycles. The minimum atomic E-state index is -3.37. The monoisotopic (exact) mass is 535 g/mol. The summed E-state index contributed by atoms with van der Waals surface area (Å²) < 4.78 is 36.9. The summed E-state index contributed by atoms with van der Waals surface area (Å²) in [6.07, 6.45) is 3.01.